The number of carbonyl (C=O) groups is 1. The normalized spacial score (nSPS) is 30.2. The van der Waals surface area contributed by atoms with E-state index >= 15 is 0 Å². The van der Waals surface area contributed by atoms with Crippen LogP contribution in [0, 0.1) is 5.41 Å². The average Bonchev–Trinajstić information content (AvgIpc) is 2.11. The third kappa shape index (κ3) is 1.62. The average molecular weight is 153 g/mol. The summed E-state index contributed by atoms with van der Waals surface area (Å²) in [7, 11) is 0. The largest absolute Gasteiger partial charge is 0.370 e. The Balaban J connectivity index is 2.67. The minimum Gasteiger partial charge on any atom is -0.370 e. The Labute approximate surface area is 67.5 Å². The maximum atomic E-state index is 10.7. The van der Waals surface area contributed by atoms with Crippen LogP contribution in [0.5, 0.6) is 0 Å². The fraction of sp³-hybridized carbons (Fsp3) is 0.667. The van der Waals surface area contributed by atoms with Crippen LogP contribution in [0.1, 0.15) is 33.1 Å². The molecular weight excluding hydrogens is 138 g/mol. The third-order valence-corrected chi connectivity index (χ3v) is 2.66. The van der Waals surface area contributed by atoms with Gasteiger partial charge in [0.05, 0.1) is 0 Å². The monoisotopic (exact) mass is 153 g/mol. The van der Waals surface area contributed by atoms with E-state index in [1.165, 1.54) is 5.57 Å². The molecular formula is C9H15NO. The fourth-order valence-corrected chi connectivity index (χ4v) is 1.66. The first-order valence-corrected chi connectivity index (χ1v) is 4.00. The Hall–Kier alpha value is -0.790. The molecule has 62 valence electrons. The molecule has 0 bridgehead atoms. The Morgan fingerprint density at radius 1 is 1.82 bits per heavy atom. The molecule has 0 aromatic carbocycles. The number of hydrogen-bond donors (Lipinski definition) is 1. The standard InChI is InChI=1S/C9H15NO/c1-7-4-3-5-9(7,2)6-8(10)11/h4H,3,5-6H2,1-2H3,(H2,10,11). The number of allylic oxidation sites excluding steroid dienone is 2. The van der Waals surface area contributed by atoms with E-state index in [1.54, 1.807) is 0 Å². The van der Waals surface area contributed by atoms with Crippen LogP contribution in [-0.2, 0) is 4.79 Å². The lowest BCUT2D eigenvalue weighted by molar-refractivity contribution is -0.119. The van der Waals surface area contributed by atoms with Gasteiger partial charge in [0.2, 0.25) is 5.91 Å². The third-order valence-electron chi connectivity index (χ3n) is 2.66. The van der Waals surface area contributed by atoms with Crippen LogP contribution in [0.4, 0.5) is 0 Å². The molecule has 11 heavy (non-hydrogen) atoms. The van der Waals surface area contributed by atoms with Crippen LogP contribution < -0.4 is 5.73 Å². The molecule has 1 amide bonds. The van der Waals surface area contributed by atoms with E-state index < -0.39 is 0 Å². The summed E-state index contributed by atoms with van der Waals surface area (Å²) >= 11 is 0. The second-order valence-corrected chi connectivity index (χ2v) is 3.63. The molecule has 0 fully saturated rings. The molecule has 1 atom stereocenters. The molecule has 1 rings (SSSR count). The van der Waals surface area contributed by atoms with Crippen molar-refractivity contribution in [1.29, 1.82) is 0 Å². The van der Waals surface area contributed by atoms with Crippen LogP contribution in [0.15, 0.2) is 11.6 Å². The molecule has 0 spiro atoms. The van der Waals surface area contributed by atoms with Crippen molar-refractivity contribution < 1.29 is 4.79 Å². The molecule has 0 saturated carbocycles. The Morgan fingerprint density at radius 3 is 2.82 bits per heavy atom. The maximum absolute atomic E-state index is 10.7. The van der Waals surface area contributed by atoms with Gasteiger partial charge in [0.25, 0.3) is 0 Å². The Morgan fingerprint density at radius 2 is 2.45 bits per heavy atom. The van der Waals surface area contributed by atoms with Crippen molar-refractivity contribution in [2.24, 2.45) is 11.1 Å². The minimum absolute atomic E-state index is 0.0613. The summed E-state index contributed by atoms with van der Waals surface area (Å²) in [6, 6.07) is 0. The van der Waals surface area contributed by atoms with Crippen LogP contribution >= 0.6 is 0 Å². The Kier molecular flexibility index (Phi) is 2.03. The van der Waals surface area contributed by atoms with Gasteiger partial charge in [0, 0.05) is 6.42 Å². The van der Waals surface area contributed by atoms with Crippen molar-refractivity contribution in [3.8, 4) is 0 Å². The molecule has 0 radical (unpaired) electrons. The predicted octanol–water partition coefficient (Wildman–Crippen LogP) is 1.61. The van der Waals surface area contributed by atoms with Gasteiger partial charge >= 0.3 is 0 Å². The van der Waals surface area contributed by atoms with Crippen molar-refractivity contribution in [3.63, 3.8) is 0 Å². The summed E-state index contributed by atoms with van der Waals surface area (Å²) in [5.41, 5.74) is 6.53. The molecule has 2 N–H and O–H groups in total. The summed E-state index contributed by atoms with van der Waals surface area (Å²) in [6.45, 7) is 4.19. The molecule has 1 aliphatic rings. The van der Waals surface area contributed by atoms with Crippen LogP contribution in [0.2, 0.25) is 0 Å². The fourth-order valence-electron chi connectivity index (χ4n) is 1.66. The second-order valence-electron chi connectivity index (χ2n) is 3.63. The summed E-state index contributed by atoms with van der Waals surface area (Å²) in [5.74, 6) is -0.192. The number of nitrogens with two attached hydrogens (primary N) is 1. The molecule has 0 heterocycles. The Bertz CT molecular complexity index is 208. The molecule has 2 heteroatoms. The molecule has 2 nitrogen and oxygen atoms in total. The number of rotatable bonds is 2. The predicted molar refractivity (Wildman–Crippen MR) is 44.9 cm³/mol. The highest BCUT2D eigenvalue weighted by Gasteiger charge is 2.30. The molecule has 0 aromatic heterocycles. The first-order valence-electron chi connectivity index (χ1n) is 4.00. The lowest BCUT2D eigenvalue weighted by Crippen LogP contribution is -2.24. The summed E-state index contributed by atoms with van der Waals surface area (Å²) in [5, 5.41) is 0. The van der Waals surface area contributed by atoms with E-state index in [2.05, 4.69) is 19.9 Å². The second kappa shape index (κ2) is 2.68. The molecule has 0 saturated heterocycles. The van der Waals surface area contributed by atoms with E-state index in [4.69, 9.17) is 5.73 Å². The van der Waals surface area contributed by atoms with Crippen molar-refractivity contribution in [1.82, 2.24) is 0 Å². The van der Waals surface area contributed by atoms with Gasteiger partial charge in [-0.15, -0.1) is 0 Å². The van der Waals surface area contributed by atoms with Crippen molar-refractivity contribution in [2.75, 3.05) is 0 Å². The van der Waals surface area contributed by atoms with Crippen molar-refractivity contribution in [2.45, 2.75) is 33.1 Å². The highest BCUT2D eigenvalue weighted by atomic mass is 16.1. The first-order chi connectivity index (χ1) is 5.04. The van der Waals surface area contributed by atoms with Crippen molar-refractivity contribution in [3.05, 3.63) is 11.6 Å². The lowest BCUT2D eigenvalue weighted by Gasteiger charge is -2.24. The van der Waals surface area contributed by atoms with Gasteiger partial charge in [0.15, 0.2) is 0 Å². The summed E-state index contributed by atoms with van der Waals surface area (Å²) in [6.07, 6.45) is 4.86. The van der Waals surface area contributed by atoms with Gasteiger partial charge in [-0.3, -0.25) is 4.79 Å². The van der Waals surface area contributed by atoms with E-state index in [0.29, 0.717) is 6.42 Å². The van der Waals surface area contributed by atoms with Crippen LogP contribution in [0.3, 0.4) is 0 Å². The van der Waals surface area contributed by atoms with Gasteiger partial charge < -0.3 is 5.73 Å². The number of amides is 1. The van der Waals surface area contributed by atoms with Gasteiger partial charge in [-0.05, 0) is 25.2 Å². The number of carbonyl (C=O) groups excluding carboxylic acids is 1. The van der Waals surface area contributed by atoms with E-state index in [0.717, 1.165) is 12.8 Å². The van der Waals surface area contributed by atoms with Crippen LogP contribution in [0.25, 0.3) is 0 Å². The molecule has 0 aliphatic heterocycles. The minimum atomic E-state index is -0.192. The summed E-state index contributed by atoms with van der Waals surface area (Å²) in [4.78, 5) is 10.7. The van der Waals surface area contributed by atoms with E-state index in [9.17, 15) is 4.79 Å². The topological polar surface area (TPSA) is 43.1 Å². The molecule has 0 aromatic rings. The van der Waals surface area contributed by atoms with Gasteiger partial charge in [-0.2, -0.15) is 0 Å². The quantitative estimate of drug-likeness (QED) is 0.602. The SMILES string of the molecule is CC1=CCCC1(C)CC(N)=O. The maximum Gasteiger partial charge on any atom is 0.218 e. The first kappa shape index (κ1) is 8.31. The van der Waals surface area contributed by atoms with Crippen molar-refractivity contribution >= 4 is 5.91 Å². The molecule has 1 unspecified atom stereocenters. The number of hydrogen-bond acceptors (Lipinski definition) is 1. The summed E-state index contributed by atoms with van der Waals surface area (Å²) < 4.78 is 0. The lowest BCUT2D eigenvalue weighted by atomic mass is 9.81. The number of primary amides is 1. The van der Waals surface area contributed by atoms with E-state index in [-0.39, 0.29) is 11.3 Å². The van der Waals surface area contributed by atoms with E-state index in [1.807, 2.05) is 0 Å². The van der Waals surface area contributed by atoms with Gasteiger partial charge in [0.1, 0.15) is 0 Å². The van der Waals surface area contributed by atoms with Gasteiger partial charge in [-0.1, -0.05) is 18.6 Å². The van der Waals surface area contributed by atoms with Gasteiger partial charge in [-0.25, -0.2) is 0 Å². The highest BCUT2D eigenvalue weighted by Crippen LogP contribution is 2.40. The smallest absolute Gasteiger partial charge is 0.218 e. The zero-order chi connectivity index (χ0) is 8.48. The molecule has 1 aliphatic carbocycles. The zero-order valence-electron chi connectivity index (χ0n) is 7.18. The highest BCUT2D eigenvalue weighted by molar-refractivity contribution is 5.75. The van der Waals surface area contributed by atoms with Crippen LogP contribution in [-0.4, -0.2) is 5.91 Å². The zero-order valence-corrected chi connectivity index (χ0v) is 7.18.